The molecule has 0 radical (unpaired) electrons. The van der Waals surface area contributed by atoms with Gasteiger partial charge in [0.15, 0.2) is 0 Å². The molecule has 0 aliphatic heterocycles. The summed E-state index contributed by atoms with van der Waals surface area (Å²) in [6.45, 7) is 7.76. The minimum Gasteiger partial charge on any atom is -0.456 e. The maximum atomic E-state index is 12.0. The molecule has 0 atom stereocenters. The van der Waals surface area contributed by atoms with Crippen molar-refractivity contribution in [2.24, 2.45) is 0 Å². The van der Waals surface area contributed by atoms with E-state index in [0.717, 1.165) is 19.3 Å². The third-order valence-corrected chi connectivity index (χ3v) is 3.89. The monoisotopic (exact) mass is 324 g/mol. The topological polar surface area (TPSA) is 26.3 Å². The highest BCUT2D eigenvalue weighted by Crippen LogP contribution is 2.14. The first-order chi connectivity index (χ1) is 11.3. The molecule has 0 spiro atoms. The number of esters is 1. The summed E-state index contributed by atoms with van der Waals surface area (Å²) in [6.07, 6.45) is 4.49. The lowest BCUT2D eigenvalue weighted by atomic mass is 10.0. The molecule has 0 saturated heterocycles. The van der Waals surface area contributed by atoms with Crippen LogP contribution in [0, 0.1) is 6.92 Å². The molecular formula is C22H28O2. The van der Waals surface area contributed by atoms with Gasteiger partial charge < -0.3 is 4.74 Å². The van der Waals surface area contributed by atoms with Crippen LogP contribution in [0.1, 0.15) is 60.7 Å². The molecule has 0 bridgehead atoms. The first-order valence-electron chi connectivity index (χ1n) is 8.71. The van der Waals surface area contributed by atoms with Crippen LogP contribution < -0.4 is 0 Å². The molecule has 0 N–H and O–H groups in total. The van der Waals surface area contributed by atoms with Crippen LogP contribution in [-0.4, -0.2) is 11.6 Å². The van der Waals surface area contributed by atoms with Crippen LogP contribution in [0.15, 0.2) is 48.5 Å². The first-order valence-corrected chi connectivity index (χ1v) is 8.71. The summed E-state index contributed by atoms with van der Waals surface area (Å²) in [5.74, 6) is -0.256. The van der Waals surface area contributed by atoms with Crippen LogP contribution in [0.25, 0.3) is 0 Å². The molecule has 0 aliphatic rings. The van der Waals surface area contributed by atoms with Gasteiger partial charge in [0.2, 0.25) is 0 Å². The zero-order chi connectivity index (χ0) is 17.6. The van der Waals surface area contributed by atoms with Gasteiger partial charge in [-0.25, -0.2) is 4.79 Å². The van der Waals surface area contributed by atoms with E-state index in [-0.39, 0.29) is 5.97 Å². The molecule has 0 saturated carbocycles. The SMILES string of the molecule is Cc1ccc(CCCCc2ccc(C(=O)OC(C)(C)C)cc2)cc1. The van der Waals surface area contributed by atoms with Crippen molar-refractivity contribution in [3.05, 3.63) is 70.8 Å². The summed E-state index contributed by atoms with van der Waals surface area (Å²) in [5, 5.41) is 0. The van der Waals surface area contributed by atoms with Crippen molar-refractivity contribution in [1.82, 2.24) is 0 Å². The van der Waals surface area contributed by atoms with E-state index in [2.05, 4.69) is 31.2 Å². The summed E-state index contributed by atoms with van der Waals surface area (Å²) in [5.41, 5.74) is 4.15. The van der Waals surface area contributed by atoms with Crippen LogP contribution in [0.3, 0.4) is 0 Å². The van der Waals surface area contributed by atoms with Crippen LogP contribution in [0.4, 0.5) is 0 Å². The maximum Gasteiger partial charge on any atom is 0.338 e. The summed E-state index contributed by atoms with van der Waals surface area (Å²) in [6, 6.07) is 16.6. The van der Waals surface area contributed by atoms with Crippen LogP contribution in [0.2, 0.25) is 0 Å². The van der Waals surface area contributed by atoms with E-state index in [1.54, 1.807) is 0 Å². The third kappa shape index (κ3) is 6.19. The van der Waals surface area contributed by atoms with Gasteiger partial charge in [-0.2, -0.15) is 0 Å². The molecule has 24 heavy (non-hydrogen) atoms. The van der Waals surface area contributed by atoms with E-state index >= 15 is 0 Å². The second-order valence-electron chi connectivity index (χ2n) is 7.39. The normalized spacial score (nSPS) is 11.3. The second kappa shape index (κ2) is 8.14. The smallest absolute Gasteiger partial charge is 0.338 e. The van der Waals surface area contributed by atoms with Crippen LogP contribution in [0.5, 0.6) is 0 Å². The molecule has 2 heteroatoms. The Bertz CT molecular complexity index is 646. The van der Waals surface area contributed by atoms with Gasteiger partial charge >= 0.3 is 5.97 Å². The molecule has 0 aromatic heterocycles. The van der Waals surface area contributed by atoms with Crippen LogP contribution in [-0.2, 0) is 17.6 Å². The fourth-order valence-electron chi connectivity index (χ4n) is 2.56. The minimum absolute atomic E-state index is 0.256. The predicted molar refractivity (Wildman–Crippen MR) is 99.4 cm³/mol. The Labute approximate surface area is 145 Å². The second-order valence-corrected chi connectivity index (χ2v) is 7.39. The molecule has 2 aromatic rings. The summed E-state index contributed by atoms with van der Waals surface area (Å²) in [4.78, 5) is 12.0. The van der Waals surface area contributed by atoms with Crippen molar-refractivity contribution in [1.29, 1.82) is 0 Å². The maximum absolute atomic E-state index is 12.0. The number of benzene rings is 2. The Kier molecular flexibility index (Phi) is 6.19. The lowest BCUT2D eigenvalue weighted by Gasteiger charge is -2.19. The average Bonchev–Trinajstić information content (AvgIpc) is 2.52. The van der Waals surface area contributed by atoms with Gasteiger partial charge in [-0.15, -0.1) is 0 Å². The minimum atomic E-state index is -0.453. The van der Waals surface area contributed by atoms with E-state index in [4.69, 9.17) is 4.74 Å². The Balaban J connectivity index is 1.77. The number of carbonyl (C=O) groups is 1. The first kappa shape index (κ1) is 18.3. The Morgan fingerprint density at radius 3 is 1.75 bits per heavy atom. The van der Waals surface area contributed by atoms with Crippen molar-refractivity contribution in [2.45, 2.75) is 59.0 Å². The number of hydrogen-bond donors (Lipinski definition) is 0. The molecule has 2 rings (SSSR count). The summed E-state index contributed by atoms with van der Waals surface area (Å²) in [7, 11) is 0. The number of rotatable bonds is 6. The van der Waals surface area contributed by atoms with Gasteiger partial charge in [0, 0.05) is 0 Å². The van der Waals surface area contributed by atoms with Gasteiger partial charge in [0.05, 0.1) is 5.56 Å². The summed E-state index contributed by atoms with van der Waals surface area (Å²) >= 11 is 0. The van der Waals surface area contributed by atoms with E-state index in [1.165, 1.54) is 23.1 Å². The van der Waals surface area contributed by atoms with Crippen molar-refractivity contribution in [3.63, 3.8) is 0 Å². The standard InChI is InChI=1S/C22H28O2/c1-17-9-11-18(12-10-17)7-5-6-8-19-13-15-20(16-14-19)21(23)24-22(2,3)4/h9-16H,5-8H2,1-4H3. The molecule has 128 valence electrons. The lowest BCUT2D eigenvalue weighted by Crippen LogP contribution is -2.23. The Hall–Kier alpha value is -2.09. The lowest BCUT2D eigenvalue weighted by molar-refractivity contribution is 0.00695. The van der Waals surface area contributed by atoms with Gasteiger partial charge in [-0.05, 0) is 76.6 Å². The molecule has 0 amide bonds. The molecule has 0 aliphatic carbocycles. The van der Waals surface area contributed by atoms with Crippen molar-refractivity contribution in [3.8, 4) is 0 Å². The fraction of sp³-hybridized carbons (Fsp3) is 0.409. The average molecular weight is 324 g/mol. The number of unbranched alkanes of at least 4 members (excludes halogenated alkanes) is 1. The van der Waals surface area contributed by atoms with Gasteiger partial charge in [0.25, 0.3) is 0 Å². The molecule has 2 aromatic carbocycles. The highest BCUT2D eigenvalue weighted by atomic mass is 16.6. The quantitative estimate of drug-likeness (QED) is 0.517. The fourth-order valence-corrected chi connectivity index (χ4v) is 2.56. The zero-order valence-electron chi connectivity index (χ0n) is 15.3. The molecule has 0 fully saturated rings. The number of hydrogen-bond acceptors (Lipinski definition) is 2. The number of carbonyl (C=O) groups excluding carboxylic acids is 1. The van der Waals surface area contributed by atoms with Crippen LogP contribution >= 0.6 is 0 Å². The zero-order valence-corrected chi connectivity index (χ0v) is 15.3. The highest BCUT2D eigenvalue weighted by Gasteiger charge is 2.17. The Morgan fingerprint density at radius 1 is 0.833 bits per heavy atom. The third-order valence-electron chi connectivity index (χ3n) is 3.89. The predicted octanol–water partition coefficient (Wildman–Crippen LogP) is 5.52. The summed E-state index contributed by atoms with van der Waals surface area (Å²) < 4.78 is 5.38. The van der Waals surface area contributed by atoms with Gasteiger partial charge in [-0.1, -0.05) is 42.0 Å². The van der Waals surface area contributed by atoms with Gasteiger partial charge in [0.1, 0.15) is 5.60 Å². The molecule has 2 nitrogen and oxygen atoms in total. The van der Waals surface area contributed by atoms with Crippen molar-refractivity contribution < 1.29 is 9.53 Å². The van der Waals surface area contributed by atoms with Gasteiger partial charge in [-0.3, -0.25) is 0 Å². The van der Waals surface area contributed by atoms with E-state index in [1.807, 2.05) is 45.0 Å². The number of aryl methyl sites for hydroxylation is 3. The van der Waals surface area contributed by atoms with E-state index in [9.17, 15) is 4.79 Å². The molecular weight excluding hydrogens is 296 g/mol. The van der Waals surface area contributed by atoms with E-state index in [0.29, 0.717) is 5.56 Å². The van der Waals surface area contributed by atoms with Crippen molar-refractivity contribution >= 4 is 5.97 Å². The number of ether oxygens (including phenoxy) is 1. The van der Waals surface area contributed by atoms with Crippen molar-refractivity contribution in [2.75, 3.05) is 0 Å². The highest BCUT2D eigenvalue weighted by molar-refractivity contribution is 5.89. The van der Waals surface area contributed by atoms with E-state index < -0.39 is 5.60 Å². The molecule has 0 unspecified atom stereocenters. The Morgan fingerprint density at radius 2 is 1.29 bits per heavy atom. The molecule has 0 heterocycles. The largest absolute Gasteiger partial charge is 0.456 e.